The number of hydrogen-bond acceptors (Lipinski definition) is 3. The number of nitrogens with zero attached hydrogens (tertiary/aromatic N) is 1. The van der Waals surface area contributed by atoms with Gasteiger partial charge in [-0.15, -0.1) is 11.3 Å². The Kier molecular flexibility index (Phi) is 3.48. The number of carboxylic acids is 1. The molecule has 5 heteroatoms. The average molecular weight is 274 g/mol. The summed E-state index contributed by atoms with van der Waals surface area (Å²) >= 11 is 7.44. The zero-order valence-corrected chi connectivity index (χ0v) is 11.5. The fraction of sp³-hybridized carbons (Fsp3) is 0.583. The Balaban J connectivity index is 2.08. The van der Waals surface area contributed by atoms with Gasteiger partial charge in [0.1, 0.15) is 0 Å². The Morgan fingerprint density at radius 3 is 2.88 bits per heavy atom. The van der Waals surface area contributed by atoms with E-state index >= 15 is 0 Å². The van der Waals surface area contributed by atoms with Crippen molar-refractivity contribution in [2.75, 3.05) is 13.1 Å². The second-order valence-corrected chi connectivity index (χ2v) is 6.49. The third-order valence-electron chi connectivity index (χ3n) is 3.64. The predicted octanol–water partition coefficient (Wildman–Crippen LogP) is 3.26. The molecule has 0 bridgehead atoms. The lowest BCUT2D eigenvalue weighted by Crippen LogP contribution is -2.32. The standard InChI is InChI=1S/C12H16ClNO2S/c1-8(9-5-10(13)17-6-9)14-4-3-12(2,7-14)11(15)16/h5-6,8H,3-4,7H2,1-2H3,(H,15,16). The summed E-state index contributed by atoms with van der Waals surface area (Å²) in [7, 11) is 0. The van der Waals surface area contributed by atoms with Crippen LogP contribution in [0.3, 0.4) is 0 Å². The van der Waals surface area contributed by atoms with Crippen LogP contribution in [0.5, 0.6) is 0 Å². The minimum Gasteiger partial charge on any atom is -0.481 e. The number of thiophene rings is 1. The lowest BCUT2D eigenvalue weighted by molar-refractivity contribution is -0.147. The molecule has 1 fully saturated rings. The number of carbonyl (C=O) groups is 1. The normalized spacial score (nSPS) is 27.2. The van der Waals surface area contributed by atoms with Gasteiger partial charge in [0.15, 0.2) is 0 Å². The van der Waals surface area contributed by atoms with Gasteiger partial charge in [0.05, 0.1) is 9.75 Å². The molecule has 0 aliphatic carbocycles. The highest BCUT2D eigenvalue weighted by molar-refractivity contribution is 7.14. The second-order valence-electron chi connectivity index (χ2n) is 4.95. The molecule has 0 radical (unpaired) electrons. The van der Waals surface area contributed by atoms with Gasteiger partial charge in [-0.25, -0.2) is 0 Å². The van der Waals surface area contributed by atoms with Crippen molar-refractivity contribution in [2.24, 2.45) is 5.41 Å². The van der Waals surface area contributed by atoms with Gasteiger partial charge in [0.25, 0.3) is 0 Å². The van der Waals surface area contributed by atoms with E-state index in [2.05, 4.69) is 11.8 Å². The van der Waals surface area contributed by atoms with E-state index in [-0.39, 0.29) is 6.04 Å². The number of rotatable bonds is 3. The van der Waals surface area contributed by atoms with Crippen molar-refractivity contribution >= 4 is 28.9 Å². The van der Waals surface area contributed by atoms with Crippen LogP contribution in [-0.4, -0.2) is 29.1 Å². The predicted molar refractivity (Wildman–Crippen MR) is 69.7 cm³/mol. The summed E-state index contributed by atoms with van der Waals surface area (Å²) in [5.41, 5.74) is 0.572. The SMILES string of the molecule is CC(c1csc(Cl)c1)N1CCC(C)(C(=O)O)C1. The van der Waals surface area contributed by atoms with Crippen molar-refractivity contribution in [2.45, 2.75) is 26.3 Å². The summed E-state index contributed by atoms with van der Waals surface area (Å²) in [4.78, 5) is 13.4. The van der Waals surface area contributed by atoms with Crippen LogP contribution in [0, 0.1) is 5.41 Å². The van der Waals surface area contributed by atoms with Gasteiger partial charge in [-0.2, -0.15) is 0 Å². The van der Waals surface area contributed by atoms with Crippen molar-refractivity contribution in [3.8, 4) is 0 Å². The van der Waals surface area contributed by atoms with Gasteiger partial charge in [0, 0.05) is 12.6 Å². The first kappa shape index (κ1) is 12.9. The summed E-state index contributed by atoms with van der Waals surface area (Å²) in [5, 5.41) is 11.2. The molecular weight excluding hydrogens is 258 g/mol. The summed E-state index contributed by atoms with van der Waals surface area (Å²) in [6.45, 7) is 5.36. The molecule has 2 heterocycles. The minimum absolute atomic E-state index is 0.236. The molecule has 1 aromatic heterocycles. The summed E-state index contributed by atoms with van der Waals surface area (Å²) in [6.07, 6.45) is 0.713. The molecule has 1 aliphatic rings. The maximum atomic E-state index is 11.2. The van der Waals surface area contributed by atoms with Crippen LogP contribution in [0.15, 0.2) is 11.4 Å². The number of halogens is 1. The van der Waals surface area contributed by atoms with Crippen LogP contribution in [-0.2, 0) is 4.79 Å². The average Bonchev–Trinajstić information content (AvgIpc) is 2.85. The van der Waals surface area contributed by atoms with Gasteiger partial charge >= 0.3 is 5.97 Å². The van der Waals surface area contributed by atoms with Gasteiger partial charge in [0.2, 0.25) is 0 Å². The lowest BCUT2D eigenvalue weighted by Gasteiger charge is -2.25. The van der Waals surface area contributed by atoms with E-state index < -0.39 is 11.4 Å². The molecule has 3 nitrogen and oxygen atoms in total. The highest BCUT2D eigenvalue weighted by Crippen LogP contribution is 2.36. The third kappa shape index (κ3) is 2.49. The van der Waals surface area contributed by atoms with E-state index in [0.29, 0.717) is 13.0 Å². The quantitative estimate of drug-likeness (QED) is 0.919. The lowest BCUT2D eigenvalue weighted by atomic mass is 9.90. The van der Waals surface area contributed by atoms with Crippen molar-refractivity contribution in [1.82, 2.24) is 4.90 Å². The number of carboxylic acid groups (broad SMARTS) is 1. The van der Waals surface area contributed by atoms with Gasteiger partial charge in [-0.1, -0.05) is 11.6 Å². The summed E-state index contributed by atoms with van der Waals surface area (Å²) in [5.74, 6) is -0.699. The topological polar surface area (TPSA) is 40.5 Å². The first-order chi connectivity index (χ1) is 7.92. The monoisotopic (exact) mass is 273 g/mol. The van der Waals surface area contributed by atoms with E-state index in [9.17, 15) is 9.90 Å². The van der Waals surface area contributed by atoms with Crippen molar-refractivity contribution in [3.63, 3.8) is 0 Å². The summed E-state index contributed by atoms with van der Waals surface area (Å²) in [6, 6.07) is 2.20. The highest BCUT2D eigenvalue weighted by Gasteiger charge is 2.41. The smallest absolute Gasteiger partial charge is 0.310 e. The van der Waals surface area contributed by atoms with E-state index in [1.54, 1.807) is 0 Å². The van der Waals surface area contributed by atoms with Crippen LogP contribution < -0.4 is 0 Å². The van der Waals surface area contributed by atoms with E-state index in [1.165, 1.54) is 16.9 Å². The van der Waals surface area contributed by atoms with Crippen LogP contribution in [0.25, 0.3) is 0 Å². The van der Waals surface area contributed by atoms with Gasteiger partial charge < -0.3 is 5.11 Å². The first-order valence-corrected chi connectivity index (χ1v) is 6.89. The molecule has 0 spiro atoms. The van der Waals surface area contributed by atoms with E-state index in [0.717, 1.165) is 10.9 Å². The molecule has 1 aliphatic heterocycles. The number of aliphatic carboxylic acids is 1. The van der Waals surface area contributed by atoms with Crippen LogP contribution >= 0.6 is 22.9 Å². The molecular formula is C12H16ClNO2S. The van der Waals surface area contributed by atoms with Crippen LogP contribution in [0.2, 0.25) is 4.34 Å². The second kappa shape index (κ2) is 4.59. The molecule has 2 unspecified atom stereocenters. The van der Waals surface area contributed by atoms with Crippen LogP contribution in [0.1, 0.15) is 31.9 Å². The Morgan fingerprint density at radius 1 is 1.71 bits per heavy atom. The first-order valence-electron chi connectivity index (χ1n) is 5.64. The molecule has 1 aromatic rings. The molecule has 0 saturated carbocycles. The molecule has 17 heavy (non-hydrogen) atoms. The van der Waals surface area contributed by atoms with Crippen molar-refractivity contribution < 1.29 is 9.90 Å². The Hall–Kier alpha value is -0.580. The van der Waals surface area contributed by atoms with Crippen LogP contribution in [0.4, 0.5) is 0 Å². The molecule has 94 valence electrons. The Bertz CT molecular complexity index is 434. The molecule has 2 atom stereocenters. The van der Waals surface area contributed by atoms with E-state index in [1.807, 2.05) is 18.4 Å². The molecule has 0 aromatic carbocycles. The van der Waals surface area contributed by atoms with Crippen molar-refractivity contribution in [1.29, 1.82) is 0 Å². The largest absolute Gasteiger partial charge is 0.481 e. The molecule has 1 N–H and O–H groups in total. The minimum atomic E-state index is -0.699. The van der Waals surface area contributed by atoms with Crippen molar-refractivity contribution in [3.05, 3.63) is 21.3 Å². The van der Waals surface area contributed by atoms with Gasteiger partial charge in [-0.05, 0) is 43.8 Å². The maximum Gasteiger partial charge on any atom is 0.310 e. The fourth-order valence-corrected chi connectivity index (χ4v) is 3.23. The number of likely N-dealkylation sites (tertiary alicyclic amines) is 1. The zero-order valence-electron chi connectivity index (χ0n) is 9.94. The zero-order chi connectivity index (χ0) is 12.6. The molecule has 1 saturated heterocycles. The highest BCUT2D eigenvalue weighted by atomic mass is 35.5. The van der Waals surface area contributed by atoms with Gasteiger partial charge in [-0.3, -0.25) is 9.69 Å². The Morgan fingerprint density at radius 2 is 2.41 bits per heavy atom. The molecule has 0 amide bonds. The molecule has 2 rings (SSSR count). The number of hydrogen-bond donors (Lipinski definition) is 1. The van der Waals surface area contributed by atoms with E-state index in [4.69, 9.17) is 11.6 Å². The summed E-state index contributed by atoms with van der Waals surface area (Å²) < 4.78 is 0.784. The third-order valence-corrected chi connectivity index (χ3v) is 4.75. The fourth-order valence-electron chi connectivity index (χ4n) is 2.26. The Labute approximate surface area is 110 Å². The maximum absolute atomic E-state index is 11.2.